The lowest BCUT2D eigenvalue weighted by Gasteiger charge is -2.08. The molecule has 124 valence electrons. The molecule has 1 unspecified atom stereocenters. The van der Waals surface area contributed by atoms with Gasteiger partial charge in [-0.05, 0) is 19.1 Å². The van der Waals surface area contributed by atoms with E-state index in [2.05, 4.69) is 20.6 Å². The minimum atomic E-state index is -0.416. The minimum Gasteiger partial charge on any atom is -0.374 e. The maximum Gasteiger partial charge on any atom is 0.273 e. The van der Waals surface area contributed by atoms with E-state index in [9.17, 15) is 9.59 Å². The molecule has 1 aromatic carbocycles. The number of rotatable bonds is 5. The van der Waals surface area contributed by atoms with E-state index >= 15 is 0 Å². The first-order valence-electron chi connectivity index (χ1n) is 6.97. The summed E-state index contributed by atoms with van der Waals surface area (Å²) >= 11 is 2.47. The Morgan fingerprint density at radius 3 is 2.79 bits per heavy atom. The molecule has 0 saturated heterocycles. The van der Waals surface area contributed by atoms with Gasteiger partial charge in [-0.3, -0.25) is 14.7 Å². The molecule has 0 fully saturated rings. The number of nitrogens with one attached hydrogen (secondary N) is 2. The lowest BCUT2D eigenvalue weighted by molar-refractivity contribution is -0.115. The smallest absolute Gasteiger partial charge is 0.273 e. The van der Waals surface area contributed by atoms with E-state index < -0.39 is 5.25 Å². The van der Waals surface area contributed by atoms with Crippen molar-refractivity contribution in [3.8, 4) is 5.69 Å². The third-order valence-electron chi connectivity index (χ3n) is 3.06. The molecule has 0 aliphatic carbocycles. The first-order valence-corrected chi connectivity index (χ1v) is 8.66. The molecular formula is C14H14N6O2S2. The number of nitrogens with two attached hydrogens (primary N) is 1. The van der Waals surface area contributed by atoms with Gasteiger partial charge in [0.05, 0.1) is 10.9 Å². The topological polar surface area (TPSA) is 119 Å². The summed E-state index contributed by atoms with van der Waals surface area (Å²) in [6.45, 7) is 1.74. The van der Waals surface area contributed by atoms with Crippen molar-refractivity contribution in [2.45, 2.75) is 16.5 Å². The van der Waals surface area contributed by atoms with Gasteiger partial charge in [-0.15, -0.1) is 10.2 Å². The number of hydrogen-bond donors (Lipinski definition) is 3. The van der Waals surface area contributed by atoms with Crippen molar-refractivity contribution in [3.05, 3.63) is 46.8 Å². The van der Waals surface area contributed by atoms with E-state index in [4.69, 9.17) is 5.73 Å². The van der Waals surface area contributed by atoms with Crippen LogP contribution in [0, 0.1) is 0 Å². The van der Waals surface area contributed by atoms with Gasteiger partial charge in [0.2, 0.25) is 11.0 Å². The van der Waals surface area contributed by atoms with E-state index in [-0.39, 0.29) is 11.5 Å². The number of nitrogens with zero attached hydrogens (tertiary/aromatic N) is 3. The molecule has 1 amide bonds. The molecule has 10 heteroatoms. The van der Waals surface area contributed by atoms with Crippen molar-refractivity contribution in [1.82, 2.24) is 20.0 Å². The third-order valence-corrected chi connectivity index (χ3v) is 5.00. The Morgan fingerprint density at radius 2 is 2.12 bits per heavy atom. The summed E-state index contributed by atoms with van der Waals surface area (Å²) in [6.07, 6.45) is 0. The Morgan fingerprint density at radius 1 is 1.38 bits per heavy atom. The van der Waals surface area contributed by atoms with Gasteiger partial charge in [0, 0.05) is 6.07 Å². The van der Waals surface area contributed by atoms with Crippen LogP contribution in [-0.4, -0.2) is 31.1 Å². The predicted molar refractivity (Wildman–Crippen MR) is 94.7 cm³/mol. The van der Waals surface area contributed by atoms with Gasteiger partial charge < -0.3 is 11.1 Å². The van der Waals surface area contributed by atoms with Gasteiger partial charge in [-0.25, -0.2) is 4.68 Å². The van der Waals surface area contributed by atoms with Crippen molar-refractivity contribution in [2.75, 3.05) is 11.1 Å². The molecule has 0 aliphatic rings. The van der Waals surface area contributed by atoms with Gasteiger partial charge in [0.15, 0.2) is 4.34 Å². The zero-order valence-electron chi connectivity index (χ0n) is 12.6. The van der Waals surface area contributed by atoms with Crippen molar-refractivity contribution < 1.29 is 4.79 Å². The van der Waals surface area contributed by atoms with Crippen LogP contribution < -0.4 is 16.6 Å². The standard InChI is InChI=1S/C14H14N6O2S2/c1-8(23-14-18-17-13(15)24-14)12(22)16-10-7-11(21)20(19-10)9-5-3-2-4-6-9/h2-8,19H,1H3,(H2,15,17)(H,16,22). The maximum absolute atomic E-state index is 12.2. The molecule has 0 aliphatic heterocycles. The summed E-state index contributed by atoms with van der Waals surface area (Å²) in [4.78, 5) is 24.3. The van der Waals surface area contributed by atoms with Gasteiger partial charge in [-0.2, -0.15) is 0 Å². The van der Waals surface area contributed by atoms with Crippen LogP contribution in [0.1, 0.15) is 6.92 Å². The number of amides is 1. The molecule has 2 heterocycles. The molecule has 0 saturated carbocycles. The number of hydrogen-bond acceptors (Lipinski definition) is 7. The minimum absolute atomic E-state index is 0.254. The summed E-state index contributed by atoms with van der Waals surface area (Å²) in [7, 11) is 0. The zero-order chi connectivity index (χ0) is 17.1. The molecule has 24 heavy (non-hydrogen) atoms. The quantitative estimate of drug-likeness (QED) is 0.595. The highest BCUT2D eigenvalue weighted by Crippen LogP contribution is 2.27. The number of carbonyl (C=O) groups excluding carboxylic acids is 1. The van der Waals surface area contributed by atoms with Gasteiger partial charge >= 0.3 is 0 Å². The van der Waals surface area contributed by atoms with Crippen molar-refractivity contribution >= 4 is 40.0 Å². The van der Waals surface area contributed by atoms with Crippen molar-refractivity contribution in [2.24, 2.45) is 0 Å². The maximum atomic E-state index is 12.2. The van der Waals surface area contributed by atoms with Crippen LogP contribution in [0.25, 0.3) is 5.69 Å². The fourth-order valence-electron chi connectivity index (χ4n) is 1.94. The van der Waals surface area contributed by atoms with Crippen molar-refractivity contribution in [3.63, 3.8) is 0 Å². The molecule has 3 rings (SSSR count). The molecule has 0 bridgehead atoms. The number of H-pyrrole nitrogens is 1. The first-order chi connectivity index (χ1) is 11.5. The monoisotopic (exact) mass is 362 g/mol. The van der Waals surface area contributed by atoms with Crippen LogP contribution in [0.15, 0.2) is 45.5 Å². The number of aromatic amines is 1. The average Bonchev–Trinajstić information content (AvgIpc) is 3.13. The Balaban J connectivity index is 1.69. The Labute approximate surface area is 145 Å². The number of para-hydroxylation sites is 1. The number of nitrogen functional groups attached to an aromatic ring is 1. The molecule has 1 atom stereocenters. The van der Waals surface area contributed by atoms with Crippen LogP contribution in [0.3, 0.4) is 0 Å². The third kappa shape index (κ3) is 3.66. The molecular weight excluding hydrogens is 348 g/mol. The second kappa shape index (κ2) is 6.89. The average molecular weight is 362 g/mol. The number of benzene rings is 1. The second-order valence-corrected chi connectivity index (χ2v) is 7.43. The van der Waals surface area contributed by atoms with Gasteiger partial charge in [-0.1, -0.05) is 41.3 Å². The van der Waals surface area contributed by atoms with Crippen LogP contribution in [-0.2, 0) is 4.79 Å². The summed E-state index contributed by atoms with van der Waals surface area (Å²) in [5, 5.41) is 13.1. The van der Waals surface area contributed by atoms with Crippen LogP contribution in [0.4, 0.5) is 10.9 Å². The Hall–Kier alpha value is -2.59. The number of carbonyl (C=O) groups is 1. The summed E-state index contributed by atoms with van der Waals surface area (Å²) in [6, 6.07) is 10.4. The normalized spacial score (nSPS) is 12.0. The zero-order valence-corrected chi connectivity index (χ0v) is 14.2. The van der Waals surface area contributed by atoms with Gasteiger partial charge in [0.1, 0.15) is 5.82 Å². The summed E-state index contributed by atoms with van der Waals surface area (Å²) < 4.78 is 1.98. The molecule has 3 aromatic rings. The predicted octanol–water partition coefficient (Wildman–Crippen LogP) is 1.72. The van der Waals surface area contributed by atoms with Crippen LogP contribution in [0.2, 0.25) is 0 Å². The SMILES string of the molecule is CC(Sc1nnc(N)s1)C(=O)Nc1cc(=O)n(-c2ccccc2)[nH]1. The molecule has 0 radical (unpaired) electrons. The van der Waals surface area contributed by atoms with E-state index in [1.165, 1.54) is 33.8 Å². The van der Waals surface area contributed by atoms with Crippen LogP contribution >= 0.6 is 23.1 Å². The highest BCUT2D eigenvalue weighted by atomic mass is 32.2. The molecule has 4 N–H and O–H groups in total. The highest BCUT2D eigenvalue weighted by molar-refractivity contribution is 8.02. The largest absolute Gasteiger partial charge is 0.374 e. The van der Waals surface area contributed by atoms with E-state index in [1.54, 1.807) is 19.1 Å². The number of aromatic nitrogens is 4. The molecule has 2 aromatic heterocycles. The fourth-order valence-corrected chi connectivity index (χ4v) is 3.72. The Bertz CT molecular complexity index is 901. The van der Waals surface area contributed by atoms with E-state index in [1.807, 2.05) is 18.2 Å². The van der Waals surface area contributed by atoms with E-state index in [0.717, 1.165) is 0 Å². The van der Waals surface area contributed by atoms with Crippen LogP contribution in [0.5, 0.6) is 0 Å². The van der Waals surface area contributed by atoms with E-state index in [0.29, 0.717) is 21.0 Å². The Kier molecular flexibility index (Phi) is 4.67. The second-order valence-electron chi connectivity index (χ2n) is 4.83. The number of thioether (sulfide) groups is 1. The molecule has 8 nitrogen and oxygen atoms in total. The lowest BCUT2D eigenvalue weighted by atomic mass is 10.3. The molecule has 0 spiro atoms. The summed E-state index contributed by atoms with van der Waals surface area (Å²) in [5.41, 5.74) is 5.95. The summed E-state index contributed by atoms with van der Waals surface area (Å²) in [5.74, 6) is 0.0771. The fraction of sp³-hybridized carbons (Fsp3) is 0.143. The number of anilines is 2. The first kappa shape index (κ1) is 16.3. The highest BCUT2D eigenvalue weighted by Gasteiger charge is 2.18. The van der Waals surface area contributed by atoms with Gasteiger partial charge in [0.25, 0.3) is 5.56 Å². The lowest BCUT2D eigenvalue weighted by Crippen LogP contribution is -2.22. The van der Waals surface area contributed by atoms with Crippen molar-refractivity contribution in [1.29, 1.82) is 0 Å².